The molecule has 3 aromatic rings. The lowest BCUT2D eigenvalue weighted by molar-refractivity contribution is 0.104. The van der Waals surface area contributed by atoms with E-state index < -0.39 is 0 Å². The molecule has 0 aromatic heterocycles. The molecule has 0 saturated heterocycles. The summed E-state index contributed by atoms with van der Waals surface area (Å²) in [4.78, 5) is 13.6. The highest BCUT2D eigenvalue weighted by Crippen LogP contribution is 2.27. The first kappa shape index (κ1) is 16.3. The highest BCUT2D eigenvalue weighted by molar-refractivity contribution is 8.03. The second-order valence-corrected chi connectivity index (χ2v) is 6.41. The Labute approximate surface area is 147 Å². The van der Waals surface area contributed by atoms with Crippen LogP contribution in [0.5, 0.6) is 0 Å². The van der Waals surface area contributed by atoms with Crippen molar-refractivity contribution in [2.45, 2.75) is 5.75 Å². The van der Waals surface area contributed by atoms with Crippen LogP contribution < -0.4 is 0 Å². The Hall–Kier alpha value is -2.58. The molecule has 0 fully saturated rings. The number of carbonyl (C=O) groups excluding carboxylic acids is 1. The maximum absolute atomic E-state index is 12.9. The quantitative estimate of drug-likeness (QED) is 0.417. The van der Waals surface area contributed by atoms with Gasteiger partial charge in [-0.05, 0) is 17.2 Å². The van der Waals surface area contributed by atoms with E-state index in [1.807, 2.05) is 84.9 Å². The van der Waals surface area contributed by atoms with Crippen LogP contribution in [0.25, 0.3) is 6.08 Å². The number of hydrogen-bond acceptors (Lipinski definition) is 2. The SMILES string of the molecule is O=C(/C(=C\c1ccccc1)SCc1ccccc1)c1ccccc1. The summed E-state index contributed by atoms with van der Waals surface area (Å²) in [5.74, 6) is 0.846. The van der Waals surface area contributed by atoms with Gasteiger partial charge in [-0.3, -0.25) is 4.79 Å². The first-order valence-electron chi connectivity index (χ1n) is 7.86. The van der Waals surface area contributed by atoms with E-state index in [2.05, 4.69) is 12.1 Å². The van der Waals surface area contributed by atoms with Gasteiger partial charge in [-0.1, -0.05) is 91.0 Å². The molecule has 0 unspecified atom stereocenters. The van der Waals surface area contributed by atoms with Crippen molar-refractivity contribution in [3.05, 3.63) is 113 Å². The van der Waals surface area contributed by atoms with Gasteiger partial charge >= 0.3 is 0 Å². The predicted octanol–water partition coefficient (Wildman–Crippen LogP) is 5.84. The van der Waals surface area contributed by atoms with E-state index in [1.165, 1.54) is 5.56 Å². The molecule has 0 aliphatic carbocycles. The molecule has 118 valence electrons. The number of thioether (sulfide) groups is 1. The van der Waals surface area contributed by atoms with Gasteiger partial charge in [0, 0.05) is 11.3 Å². The van der Waals surface area contributed by atoms with Crippen molar-refractivity contribution < 1.29 is 4.79 Å². The zero-order valence-corrected chi connectivity index (χ0v) is 14.1. The van der Waals surface area contributed by atoms with E-state index in [9.17, 15) is 4.79 Å². The van der Waals surface area contributed by atoms with Crippen LogP contribution in [0.15, 0.2) is 95.9 Å². The molecule has 2 heteroatoms. The summed E-state index contributed by atoms with van der Waals surface area (Å²) in [5, 5.41) is 0. The Morgan fingerprint density at radius 1 is 0.750 bits per heavy atom. The van der Waals surface area contributed by atoms with Crippen LogP contribution >= 0.6 is 11.8 Å². The van der Waals surface area contributed by atoms with Crippen molar-refractivity contribution in [2.75, 3.05) is 0 Å². The Morgan fingerprint density at radius 3 is 1.92 bits per heavy atom. The third-order valence-corrected chi connectivity index (χ3v) is 4.69. The molecule has 0 saturated carbocycles. The predicted molar refractivity (Wildman–Crippen MR) is 103 cm³/mol. The van der Waals surface area contributed by atoms with Crippen molar-refractivity contribution in [2.24, 2.45) is 0 Å². The van der Waals surface area contributed by atoms with Crippen LogP contribution in [-0.4, -0.2) is 5.78 Å². The van der Waals surface area contributed by atoms with Crippen molar-refractivity contribution >= 4 is 23.6 Å². The lowest BCUT2D eigenvalue weighted by atomic mass is 10.1. The smallest absolute Gasteiger partial charge is 0.199 e. The molecule has 0 bridgehead atoms. The highest BCUT2D eigenvalue weighted by Gasteiger charge is 2.13. The second kappa shape index (κ2) is 8.32. The third kappa shape index (κ3) is 4.46. The summed E-state index contributed by atoms with van der Waals surface area (Å²) in [6, 6.07) is 29.6. The number of allylic oxidation sites excluding steroid dienone is 1. The lowest BCUT2D eigenvalue weighted by Crippen LogP contribution is -2.01. The lowest BCUT2D eigenvalue weighted by Gasteiger charge is -2.08. The number of Topliss-reactive ketones (excluding diaryl/α,β-unsaturated/α-hetero) is 1. The minimum atomic E-state index is 0.0698. The minimum absolute atomic E-state index is 0.0698. The standard InChI is InChI=1S/C22H18OS/c23-22(20-14-8-3-9-15-20)21(16-18-10-4-1-5-11-18)24-17-19-12-6-2-7-13-19/h1-16H,17H2/b21-16+. The van der Waals surface area contributed by atoms with Crippen LogP contribution in [0.3, 0.4) is 0 Å². The molecule has 0 N–H and O–H groups in total. The molecule has 24 heavy (non-hydrogen) atoms. The van der Waals surface area contributed by atoms with Gasteiger partial charge in [0.2, 0.25) is 0 Å². The zero-order valence-electron chi connectivity index (χ0n) is 13.3. The topological polar surface area (TPSA) is 17.1 Å². The fraction of sp³-hybridized carbons (Fsp3) is 0.0455. The molecule has 0 aliphatic rings. The Balaban J connectivity index is 1.86. The average Bonchev–Trinajstić information content (AvgIpc) is 2.67. The Bertz CT molecular complexity index is 808. The number of hydrogen-bond donors (Lipinski definition) is 0. The molecule has 1 nitrogen and oxygen atoms in total. The van der Waals surface area contributed by atoms with E-state index in [4.69, 9.17) is 0 Å². The molecule has 3 aromatic carbocycles. The van der Waals surface area contributed by atoms with E-state index in [1.54, 1.807) is 11.8 Å². The van der Waals surface area contributed by atoms with Crippen molar-refractivity contribution in [1.29, 1.82) is 0 Å². The van der Waals surface area contributed by atoms with Gasteiger partial charge in [-0.25, -0.2) is 0 Å². The Kier molecular flexibility index (Phi) is 5.65. The van der Waals surface area contributed by atoms with Gasteiger partial charge in [0.25, 0.3) is 0 Å². The van der Waals surface area contributed by atoms with E-state index in [0.29, 0.717) is 0 Å². The van der Waals surface area contributed by atoms with Crippen LogP contribution in [0.2, 0.25) is 0 Å². The second-order valence-electron chi connectivity index (χ2n) is 5.39. The molecule has 0 spiro atoms. The van der Waals surface area contributed by atoms with Crippen molar-refractivity contribution in [3.8, 4) is 0 Å². The normalized spacial score (nSPS) is 11.2. The van der Waals surface area contributed by atoms with Crippen molar-refractivity contribution in [1.82, 2.24) is 0 Å². The van der Waals surface area contributed by atoms with Gasteiger partial charge < -0.3 is 0 Å². The first-order chi connectivity index (χ1) is 11.8. The first-order valence-corrected chi connectivity index (χ1v) is 8.85. The minimum Gasteiger partial charge on any atom is -0.288 e. The van der Waals surface area contributed by atoms with Crippen LogP contribution in [0, 0.1) is 0 Å². The van der Waals surface area contributed by atoms with E-state index in [0.717, 1.165) is 21.8 Å². The fourth-order valence-corrected chi connectivity index (χ4v) is 3.32. The molecular formula is C22H18OS. The van der Waals surface area contributed by atoms with Gasteiger partial charge in [0.1, 0.15) is 0 Å². The third-order valence-electron chi connectivity index (χ3n) is 3.59. The molecule has 3 rings (SSSR count). The molecular weight excluding hydrogens is 312 g/mol. The van der Waals surface area contributed by atoms with Gasteiger partial charge in [0.15, 0.2) is 5.78 Å². The molecule has 0 atom stereocenters. The van der Waals surface area contributed by atoms with Crippen LogP contribution in [-0.2, 0) is 5.75 Å². The summed E-state index contributed by atoms with van der Waals surface area (Å²) >= 11 is 1.58. The van der Waals surface area contributed by atoms with E-state index in [-0.39, 0.29) is 5.78 Å². The average molecular weight is 330 g/mol. The van der Waals surface area contributed by atoms with Crippen LogP contribution in [0.4, 0.5) is 0 Å². The summed E-state index contributed by atoms with van der Waals surface area (Å²) in [6.45, 7) is 0. The largest absolute Gasteiger partial charge is 0.288 e. The molecule has 0 heterocycles. The maximum Gasteiger partial charge on any atom is 0.199 e. The number of benzene rings is 3. The van der Waals surface area contributed by atoms with Gasteiger partial charge in [-0.2, -0.15) is 0 Å². The number of ketones is 1. The number of carbonyl (C=O) groups is 1. The van der Waals surface area contributed by atoms with E-state index >= 15 is 0 Å². The summed E-state index contributed by atoms with van der Waals surface area (Å²) in [7, 11) is 0. The number of rotatable bonds is 6. The molecule has 0 aliphatic heterocycles. The van der Waals surface area contributed by atoms with Crippen LogP contribution in [0.1, 0.15) is 21.5 Å². The molecule has 0 radical (unpaired) electrons. The zero-order chi connectivity index (χ0) is 16.6. The highest BCUT2D eigenvalue weighted by atomic mass is 32.2. The summed E-state index contributed by atoms with van der Waals surface area (Å²) in [6.07, 6.45) is 1.98. The van der Waals surface area contributed by atoms with Gasteiger partial charge in [0.05, 0.1) is 4.91 Å². The molecule has 0 amide bonds. The Morgan fingerprint density at radius 2 is 1.29 bits per heavy atom. The maximum atomic E-state index is 12.9. The summed E-state index contributed by atoms with van der Waals surface area (Å²) < 4.78 is 0. The van der Waals surface area contributed by atoms with Crippen molar-refractivity contribution in [3.63, 3.8) is 0 Å². The monoisotopic (exact) mass is 330 g/mol. The van der Waals surface area contributed by atoms with Gasteiger partial charge in [-0.15, -0.1) is 11.8 Å². The fourth-order valence-electron chi connectivity index (χ4n) is 2.34. The summed E-state index contributed by atoms with van der Waals surface area (Å²) in [5.41, 5.74) is 2.97.